The van der Waals surface area contributed by atoms with Crippen LogP contribution in [-0.4, -0.2) is 36.0 Å². The number of aryl methyl sites for hydroxylation is 1. The highest BCUT2D eigenvalue weighted by molar-refractivity contribution is 7.85. The lowest BCUT2D eigenvalue weighted by atomic mass is 9.99. The third-order valence-electron chi connectivity index (χ3n) is 4.81. The zero-order valence-electron chi connectivity index (χ0n) is 15.6. The first-order valence-corrected chi connectivity index (χ1v) is 10.8. The molecule has 0 fully saturated rings. The Kier molecular flexibility index (Phi) is 4.76. The van der Waals surface area contributed by atoms with Crippen LogP contribution in [0.5, 0.6) is 0 Å². The monoisotopic (exact) mass is 401 g/mol. The fourth-order valence-corrected chi connectivity index (χ4v) is 3.97. The van der Waals surface area contributed by atoms with E-state index in [2.05, 4.69) is 4.98 Å². The van der Waals surface area contributed by atoms with Gasteiger partial charge in [0.1, 0.15) is 11.5 Å². The highest BCUT2D eigenvalue weighted by Gasteiger charge is 2.31. The van der Waals surface area contributed by atoms with Gasteiger partial charge in [0.15, 0.2) is 0 Å². The molecule has 4 rings (SSSR count). The average molecular weight is 401 g/mol. The largest absolute Gasteiger partial charge is 0.268 e. The summed E-state index contributed by atoms with van der Waals surface area (Å²) < 4.78 is 43.1. The molecule has 3 aromatic rings. The summed E-state index contributed by atoms with van der Waals surface area (Å²) in [7, 11) is -3.53. The normalized spacial score (nSPS) is 16.3. The highest BCUT2D eigenvalue weighted by Crippen LogP contribution is 2.40. The molecule has 0 bridgehead atoms. The molecule has 2 aromatic heterocycles. The van der Waals surface area contributed by atoms with Crippen molar-refractivity contribution in [2.75, 3.05) is 12.9 Å². The number of benzene rings is 1. The second-order valence-electron chi connectivity index (χ2n) is 6.97. The van der Waals surface area contributed by atoms with Gasteiger partial charge in [-0.2, -0.15) is 13.5 Å². The Labute approximate surface area is 163 Å². The lowest BCUT2D eigenvalue weighted by Crippen LogP contribution is -2.16. The van der Waals surface area contributed by atoms with Crippen molar-refractivity contribution in [2.24, 2.45) is 0 Å². The Morgan fingerprint density at radius 1 is 1.21 bits per heavy atom. The number of fused-ring (bicyclic) bond motifs is 1. The van der Waals surface area contributed by atoms with Crippen molar-refractivity contribution in [3.63, 3.8) is 0 Å². The Morgan fingerprint density at radius 2 is 1.96 bits per heavy atom. The molecule has 6 nitrogen and oxygen atoms in total. The fraction of sp³-hybridized carbons (Fsp3) is 0.300. The Bertz CT molecular complexity index is 1120. The van der Waals surface area contributed by atoms with Gasteiger partial charge in [-0.05, 0) is 49.6 Å². The molecular weight excluding hydrogens is 381 g/mol. The molecule has 8 heteroatoms. The van der Waals surface area contributed by atoms with Crippen molar-refractivity contribution in [2.45, 2.75) is 25.8 Å². The van der Waals surface area contributed by atoms with Crippen LogP contribution >= 0.6 is 0 Å². The van der Waals surface area contributed by atoms with Crippen LogP contribution in [0.2, 0.25) is 0 Å². The number of hydrogen-bond acceptors (Lipinski definition) is 5. The summed E-state index contributed by atoms with van der Waals surface area (Å²) in [6.45, 7) is 1.95. The minimum atomic E-state index is -3.53. The van der Waals surface area contributed by atoms with E-state index in [9.17, 15) is 12.8 Å². The second kappa shape index (κ2) is 7.10. The standard InChI is InChI=1S/C20H20FN3O3S/c1-13-4-3-5-17(22-13)20-19(14-6-8-15(21)9-7-14)18-11-10-16(24(18)23-20)12-27-28(2,25)26/h3-9,16H,10-12H2,1-2H3/t16-/m0/s1. The van der Waals surface area contributed by atoms with Crippen LogP contribution < -0.4 is 0 Å². The Hall–Kier alpha value is -2.58. The van der Waals surface area contributed by atoms with Gasteiger partial charge in [-0.1, -0.05) is 18.2 Å². The molecule has 0 N–H and O–H groups in total. The van der Waals surface area contributed by atoms with Crippen LogP contribution in [0.3, 0.4) is 0 Å². The first-order valence-electron chi connectivity index (χ1n) is 8.97. The quantitative estimate of drug-likeness (QED) is 0.612. The summed E-state index contributed by atoms with van der Waals surface area (Å²) in [5.74, 6) is -0.303. The molecule has 3 heterocycles. The van der Waals surface area contributed by atoms with E-state index in [-0.39, 0.29) is 18.5 Å². The van der Waals surface area contributed by atoms with E-state index in [0.717, 1.165) is 47.3 Å². The topological polar surface area (TPSA) is 74.1 Å². The molecule has 1 aliphatic heterocycles. The fourth-order valence-electron chi connectivity index (χ4n) is 3.57. The van der Waals surface area contributed by atoms with E-state index in [1.165, 1.54) is 12.1 Å². The zero-order valence-corrected chi connectivity index (χ0v) is 16.4. The molecule has 0 aliphatic carbocycles. The van der Waals surface area contributed by atoms with Gasteiger partial charge in [-0.3, -0.25) is 13.8 Å². The Morgan fingerprint density at radius 3 is 2.64 bits per heavy atom. The van der Waals surface area contributed by atoms with Crippen LogP contribution in [0.25, 0.3) is 22.5 Å². The number of aromatic nitrogens is 3. The number of halogens is 1. The van der Waals surface area contributed by atoms with Crippen molar-refractivity contribution in [3.8, 4) is 22.5 Å². The molecule has 1 atom stereocenters. The molecule has 1 aromatic carbocycles. The van der Waals surface area contributed by atoms with E-state index in [0.29, 0.717) is 5.69 Å². The van der Waals surface area contributed by atoms with Gasteiger partial charge < -0.3 is 0 Å². The first-order chi connectivity index (χ1) is 13.3. The third kappa shape index (κ3) is 3.70. The van der Waals surface area contributed by atoms with E-state index < -0.39 is 10.1 Å². The number of pyridine rings is 1. The number of hydrogen-bond donors (Lipinski definition) is 0. The van der Waals surface area contributed by atoms with E-state index in [1.54, 1.807) is 12.1 Å². The van der Waals surface area contributed by atoms with Gasteiger partial charge in [-0.25, -0.2) is 4.39 Å². The predicted octanol–water partition coefficient (Wildman–Crippen LogP) is 3.52. The second-order valence-corrected chi connectivity index (χ2v) is 8.61. The summed E-state index contributed by atoms with van der Waals surface area (Å²) in [5.41, 5.74) is 5.03. The number of nitrogens with zero attached hydrogens (tertiary/aromatic N) is 3. The van der Waals surface area contributed by atoms with Gasteiger partial charge in [0.2, 0.25) is 0 Å². The average Bonchev–Trinajstić information content (AvgIpc) is 3.19. The number of rotatable bonds is 5. The van der Waals surface area contributed by atoms with Crippen LogP contribution in [0.15, 0.2) is 42.5 Å². The van der Waals surface area contributed by atoms with Crippen LogP contribution in [0.4, 0.5) is 4.39 Å². The maximum absolute atomic E-state index is 13.4. The van der Waals surface area contributed by atoms with Crippen LogP contribution in [0, 0.1) is 12.7 Å². The molecule has 0 saturated carbocycles. The van der Waals surface area contributed by atoms with Crippen molar-refractivity contribution >= 4 is 10.1 Å². The van der Waals surface area contributed by atoms with Crippen molar-refractivity contribution in [1.82, 2.24) is 14.8 Å². The highest BCUT2D eigenvalue weighted by atomic mass is 32.2. The minimum Gasteiger partial charge on any atom is -0.268 e. The first kappa shape index (κ1) is 18.8. The molecule has 0 saturated heterocycles. The molecule has 28 heavy (non-hydrogen) atoms. The van der Waals surface area contributed by atoms with E-state index in [1.807, 2.05) is 29.8 Å². The zero-order chi connectivity index (χ0) is 19.9. The van der Waals surface area contributed by atoms with Crippen molar-refractivity contribution < 1.29 is 17.0 Å². The van der Waals surface area contributed by atoms with Gasteiger partial charge >= 0.3 is 0 Å². The maximum Gasteiger partial charge on any atom is 0.264 e. The lowest BCUT2D eigenvalue weighted by molar-refractivity contribution is 0.252. The third-order valence-corrected chi connectivity index (χ3v) is 5.37. The lowest BCUT2D eigenvalue weighted by Gasteiger charge is -2.11. The summed E-state index contributed by atoms with van der Waals surface area (Å²) in [6, 6.07) is 11.8. The summed E-state index contributed by atoms with van der Waals surface area (Å²) in [5, 5.41) is 4.77. The molecular formula is C20H20FN3O3S. The van der Waals surface area contributed by atoms with E-state index in [4.69, 9.17) is 9.28 Å². The summed E-state index contributed by atoms with van der Waals surface area (Å²) in [6.07, 6.45) is 2.49. The van der Waals surface area contributed by atoms with Gasteiger partial charge in [-0.15, -0.1) is 0 Å². The molecule has 146 valence electrons. The molecule has 0 radical (unpaired) electrons. The molecule has 0 amide bonds. The van der Waals surface area contributed by atoms with Crippen molar-refractivity contribution in [3.05, 3.63) is 59.7 Å². The van der Waals surface area contributed by atoms with E-state index >= 15 is 0 Å². The van der Waals surface area contributed by atoms with Crippen LogP contribution in [0.1, 0.15) is 23.9 Å². The van der Waals surface area contributed by atoms with Crippen LogP contribution in [-0.2, 0) is 20.7 Å². The van der Waals surface area contributed by atoms with Gasteiger partial charge in [0.25, 0.3) is 10.1 Å². The SMILES string of the molecule is Cc1cccc(-c2nn3c(c2-c2ccc(F)cc2)CC[C@H]3COS(C)(=O)=O)n1. The van der Waals surface area contributed by atoms with Gasteiger partial charge in [0.05, 0.1) is 24.6 Å². The summed E-state index contributed by atoms with van der Waals surface area (Å²) in [4.78, 5) is 4.59. The smallest absolute Gasteiger partial charge is 0.264 e. The maximum atomic E-state index is 13.4. The Balaban J connectivity index is 1.83. The summed E-state index contributed by atoms with van der Waals surface area (Å²) >= 11 is 0. The van der Waals surface area contributed by atoms with Crippen molar-refractivity contribution in [1.29, 1.82) is 0 Å². The minimum absolute atomic E-state index is 0.0387. The molecule has 1 aliphatic rings. The predicted molar refractivity (Wildman–Crippen MR) is 104 cm³/mol. The van der Waals surface area contributed by atoms with Gasteiger partial charge in [0, 0.05) is 17.0 Å². The molecule has 0 spiro atoms. The molecule has 0 unspecified atom stereocenters.